The number of carbonyl (C=O) groups excluding carboxylic acids is 1. The summed E-state index contributed by atoms with van der Waals surface area (Å²) in [5, 5.41) is 0. The van der Waals surface area contributed by atoms with Crippen molar-refractivity contribution in [2.45, 2.75) is 25.3 Å². The van der Waals surface area contributed by atoms with Crippen LogP contribution in [0.2, 0.25) is 0 Å². The zero-order valence-electron chi connectivity index (χ0n) is 10.5. The highest BCUT2D eigenvalue weighted by Crippen LogP contribution is 2.26. The molecule has 0 spiro atoms. The molecular formula is C14H19N3O. The van der Waals surface area contributed by atoms with Gasteiger partial charge in [-0.3, -0.25) is 4.79 Å². The molecule has 0 radical (unpaired) electrons. The van der Waals surface area contributed by atoms with Crippen LogP contribution in [0.25, 0.3) is 0 Å². The molecule has 2 aliphatic heterocycles. The summed E-state index contributed by atoms with van der Waals surface area (Å²) in [5.74, 6) is 0.136. The van der Waals surface area contributed by atoms with E-state index in [2.05, 4.69) is 17.0 Å². The second-order valence-electron chi connectivity index (χ2n) is 5.18. The summed E-state index contributed by atoms with van der Waals surface area (Å²) in [6.07, 6.45) is 3.02. The molecule has 4 nitrogen and oxygen atoms in total. The van der Waals surface area contributed by atoms with Crippen LogP contribution in [0.15, 0.2) is 24.3 Å². The molecule has 1 aromatic carbocycles. The maximum absolute atomic E-state index is 11.8. The van der Waals surface area contributed by atoms with Gasteiger partial charge in [-0.1, -0.05) is 0 Å². The Bertz CT molecular complexity index is 437. The summed E-state index contributed by atoms with van der Waals surface area (Å²) in [6, 6.07) is 8.26. The van der Waals surface area contributed by atoms with Crippen LogP contribution in [-0.4, -0.2) is 31.6 Å². The standard InChI is InChI=1S/C14H19N3O/c15-11-9-14(18)17(10-11)13-5-3-12(4-6-13)16-7-1-2-8-16/h3-6,11H,1-2,7-10,15H2. The number of amides is 1. The maximum Gasteiger partial charge on any atom is 0.228 e. The average molecular weight is 245 g/mol. The number of benzene rings is 1. The van der Waals surface area contributed by atoms with Crippen molar-refractivity contribution in [1.29, 1.82) is 0 Å². The van der Waals surface area contributed by atoms with Crippen molar-refractivity contribution in [2.75, 3.05) is 29.4 Å². The number of anilines is 2. The van der Waals surface area contributed by atoms with E-state index in [1.165, 1.54) is 18.5 Å². The Labute approximate surface area is 107 Å². The fraction of sp³-hybridized carbons (Fsp3) is 0.500. The first-order valence-electron chi connectivity index (χ1n) is 6.65. The fourth-order valence-corrected chi connectivity index (χ4v) is 2.80. The van der Waals surface area contributed by atoms with Gasteiger partial charge in [-0.25, -0.2) is 0 Å². The lowest BCUT2D eigenvalue weighted by atomic mass is 10.2. The van der Waals surface area contributed by atoms with Gasteiger partial charge in [0.15, 0.2) is 0 Å². The minimum Gasteiger partial charge on any atom is -0.372 e. The van der Waals surface area contributed by atoms with E-state index in [1.54, 1.807) is 4.90 Å². The van der Waals surface area contributed by atoms with Gasteiger partial charge in [0.05, 0.1) is 0 Å². The molecular weight excluding hydrogens is 226 g/mol. The highest BCUT2D eigenvalue weighted by atomic mass is 16.2. The molecule has 2 N–H and O–H groups in total. The zero-order chi connectivity index (χ0) is 12.5. The molecule has 96 valence electrons. The molecule has 2 fully saturated rings. The largest absolute Gasteiger partial charge is 0.372 e. The van der Waals surface area contributed by atoms with E-state index in [0.29, 0.717) is 13.0 Å². The minimum atomic E-state index is -0.0178. The Kier molecular flexibility index (Phi) is 2.96. The zero-order valence-corrected chi connectivity index (χ0v) is 10.5. The van der Waals surface area contributed by atoms with E-state index >= 15 is 0 Å². The lowest BCUT2D eigenvalue weighted by Crippen LogP contribution is -2.28. The molecule has 1 amide bonds. The lowest BCUT2D eigenvalue weighted by Gasteiger charge is -2.20. The van der Waals surface area contributed by atoms with E-state index in [4.69, 9.17) is 5.73 Å². The predicted molar refractivity (Wildman–Crippen MR) is 72.8 cm³/mol. The third-order valence-electron chi connectivity index (χ3n) is 3.79. The van der Waals surface area contributed by atoms with Crippen molar-refractivity contribution in [2.24, 2.45) is 5.73 Å². The predicted octanol–water partition coefficient (Wildman–Crippen LogP) is 1.35. The number of hydrogen-bond acceptors (Lipinski definition) is 3. The van der Waals surface area contributed by atoms with E-state index in [0.717, 1.165) is 18.8 Å². The number of nitrogens with zero attached hydrogens (tertiary/aromatic N) is 2. The number of carbonyl (C=O) groups is 1. The normalized spacial score (nSPS) is 24.1. The van der Waals surface area contributed by atoms with Crippen LogP contribution in [-0.2, 0) is 4.79 Å². The lowest BCUT2D eigenvalue weighted by molar-refractivity contribution is -0.117. The third-order valence-corrected chi connectivity index (χ3v) is 3.79. The van der Waals surface area contributed by atoms with Crippen molar-refractivity contribution < 1.29 is 4.79 Å². The maximum atomic E-state index is 11.8. The molecule has 0 aliphatic carbocycles. The summed E-state index contributed by atoms with van der Waals surface area (Å²) in [5.41, 5.74) is 8.04. The number of rotatable bonds is 2. The van der Waals surface area contributed by atoms with Gasteiger partial charge >= 0.3 is 0 Å². The van der Waals surface area contributed by atoms with E-state index < -0.39 is 0 Å². The topological polar surface area (TPSA) is 49.6 Å². The first-order valence-corrected chi connectivity index (χ1v) is 6.65. The van der Waals surface area contributed by atoms with E-state index in [9.17, 15) is 4.79 Å². The molecule has 0 saturated carbocycles. The Morgan fingerprint density at radius 3 is 2.22 bits per heavy atom. The second-order valence-corrected chi connectivity index (χ2v) is 5.18. The van der Waals surface area contributed by atoms with Gasteiger partial charge in [0, 0.05) is 43.5 Å². The van der Waals surface area contributed by atoms with Gasteiger partial charge in [0.2, 0.25) is 5.91 Å². The van der Waals surface area contributed by atoms with Crippen LogP contribution in [0.5, 0.6) is 0 Å². The van der Waals surface area contributed by atoms with Crippen molar-refractivity contribution in [3.63, 3.8) is 0 Å². The Hall–Kier alpha value is -1.55. The molecule has 1 atom stereocenters. The van der Waals surface area contributed by atoms with Crippen LogP contribution < -0.4 is 15.5 Å². The van der Waals surface area contributed by atoms with Crippen LogP contribution in [0, 0.1) is 0 Å². The molecule has 4 heteroatoms. The van der Waals surface area contributed by atoms with Crippen LogP contribution >= 0.6 is 0 Å². The van der Waals surface area contributed by atoms with Crippen molar-refractivity contribution in [3.8, 4) is 0 Å². The van der Waals surface area contributed by atoms with Crippen LogP contribution in [0.4, 0.5) is 11.4 Å². The highest BCUT2D eigenvalue weighted by molar-refractivity contribution is 5.96. The number of nitrogens with two attached hydrogens (primary N) is 1. The first-order chi connectivity index (χ1) is 8.74. The molecule has 3 rings (SSSR count). The smallest absolute Gasteiger partial charge is 0.228 e. The van der Waals surface area contributed by atoms with E-state index in [-0.39, 0.29) is 11.9 Å². The van der Waals surface area contributed by atoms with Gasteiger partial charge < -0.3 is 15.5 Å². The summed E-state index contributed by atoms with van der Waals surface area (Å²) in [6.45, 7) is 2.93. The molecule has 1 aromatic rings. The SMILES string of the molecule is NC1CC(=O)N(c2ccc(N3CCCC3)cc2)C1. The molecule has 2 heterocycles. The monoisotopic (exact) mass is 245 g/mol. The molecule has 1 unspecified atom stereocenters. The minimum absolute atomic E-state index is 0.0178. The Morgan fingerprint density at radius 1 is 1.06 bits per heavy atom. The van der Waals surface area contributed by atoms with Gasteiger partial charge in [-0.15, -0.1) is 0 Å². The summed E-state index contributed by atoms with van der Waals surface area (Å²) in [4.78, 5) is 15.9. The molecule has 0 bridgehead atoms. The molecule has 18 heavy (non-hydrogen) atoms. The summed E-state index contributed by atoms with van der Waals surface area (Å²) >= 11 is 0. The second kappa shape index (κ2) is 4.61. The Morgan fingerprint density at radius 2 is 1.67 bits per heavy atom. The highest BCUT2D eigenvalue weighted by Gasteiger charge is 2.27. The molecule has 2 aliphatic rings. The quantitative estimate of drug-likeness (QED) is 0.855. The van der Waals surface area contributed by atoms with Gasteiger partial charge in [0.25, 0.3) is 0 Å². The fourth-order valence-electron chi connectivity index (χ4n) is 2.80. The van der Waals surface area contributed by atoms with E-state index in [1.807, 2.05) is 12.1 Å². The van der Waals surface area contributed by atoms with Gasteiger partial charge in [-0.2, -0.15) is 0 Å². The average Bonchev–Trinajstić information content (AvgIpc) is 2.99. The summed E-state index contributed by atoms with van der Waals surface area (Å²) < 4.78 is 0. The summed E-state index contributed by atoms with van der Waals surface area (Å²) in [7, 11) is 0. The number of hydrogen-bond donors (Lipinski definition) is 1. The Balaban J connectivity index is 1.76. The third kappa shape index (κ3) is 2.08. The molecule has 0 aromatic heterocycles. The van der Waals surface area contributed by atoms with Gasteiger partial charge in [0.1, 0.15) is 0 Å². The van der Waals surface area contributed by atoms with Crippen LogP contribution in [0.1, 0.15) is 19.3 Å². The van der Waals surface area contributed by atoms with Crippen molar-refractivity contribution in [1.82, 2.24) is 0 Å². The van der Waals surface area contributed by atoms with Crippen molar-refractivity contribution in [3.05, 3.63) is 24.3 Å². The molecule has 2 saturated heterocycles. The van der Waals surface area contributed by atoms with Gasteiger partial charge in [-0.05, 0) is 37.1 Å². The van der Waals surface area contributed by atoms with Crippen LogP contribution in [0.3, 0.4) is 0 Å². The van der Waals surface area contributed by atoms with Crippen molar-refractivity contribution >= 4 is 17.3 Å². The first kappa shape index (κ1) is 11.5.